The molecule has 0 spiro atoms. The molecule has 5 nitrogen and oxygen atoms in total. The van der Waals surface area contributed by atoms with Gasteiger partial charge in [-0.25, -0.2) is 0 Å². The number of ether oxygens (including phenoxy) is 1. The third-order valence-electron chi connectivity index (χ3n) is 4.94. The maximum absolute atomic E-state index is 12.0. The summed E-state index contributed by atoms with van der Waals surface area (Å²) in [6.45, 7) is 8.99. The van der Waals surface area contributed by atoms with Gasteiger partial charge in [0.25, 0.3) is 0 Å². The zero-order valence-corrected chi connectivity index (χ0v) is 13.1. The molecule has 1 aliphatic carbocycles. The lowest BCUT2D eigenvalue weighted by Gasteiger charge is -2.59. The molecular formula is C15H25N3O2. The first-order valence-electron chi connectivity index (χ1n) is 7.12. The molecule has 0 aromatic carbocycles. The van der Waals surface area contributed by atoms with Gasteiger partial charge >= 0.3 is 0 Å². The molecule has 0 unspecified atom stereocenters. The molecule has 1 aromatic rings. The van der Waals surface area contributed by atoms with E-state index in [9.17, 15) is 4.79 Å². The number of methoxy groups -OCH3 is 1. The summed E-state index contributed by atoms with van der Waals surface area (Å²) >= 11 is 0. The molecule has 2 atom stereocenters. The van der Waals surface area contributed by atoms with Crippen LogP contribution < -0.4 is 5.32 Å². The van der Waals surface area contributed by atoms with Crippen molar-refractivity contribution in [2.24, 2.45) is 5.41 Å². The SMILES string of the molecule is CO[C@@]1(C)C[C@H](NC(=O)CCn2cc(C)cn2)C1(C)C. The molecule has 0 aliphatic heterocycles. The Labute approximate surface area is 120 Å². The van der Waals surface area contributed by atoms with E-state index >= 15 is 0 Å². The van der Waals surface area contributed by atoms with E-state index in [1.807, 2.05) is 13.1 Å². The van der Waals surface area contributed by atoms with Crippen LogP contribution >= 0.6 is 0 Å². The van der Waals surface area contributed by atoms with Crippen LogP contribution in [0.5, 0.6) is 0 Å². The van der Waals surface area contributed by atoms with Crippen LogP contribution in [-0.4, -0.2) is 34.4 Å². The molecule has 5 heteroatoms. The molecule has 1 fully saturated rings. The quantitative estimate of drug-likeness (QED) is 0.895. The summed E-state index contributed by atoms with van der Waals surface area (Å²) in [6.07, 6.45) is 5.07. The fourth-order valence-electron chi connectivity index (χ4n) is 2.79. The molecule has 20 heavy (non-hydrogen) atoms. The molecule has 0 bridgehead atoms. The van der Waals surface area contributed by atoms with Crippen LogP contribution in [0.1, 0.15) is 39.2 Å². The predicted molar refractivity (Wildman–Crippen MR) is 77.3 cm³/mol. The average molecular weight is 279 g/mol. The number of rotatable bonds is 5. The normalized spacial score (nSPS) is 27.9. The van der Waals surface area contributed by atoms with Crippen molar-refractivity contribution < 1.29 is 9.53 Å². The summed E-state index contributed by atoms with van der Waals surface area (Å²) in [4.78, 5) is 12.0. The lowest BCUT2D eigenvalue weighted by molar-refractivity contribution is -0.182. The Kier molecular flexibility index (Phi) is 3.91. The number of hydrogen-bond donors (Lipinski definition) is 1. The number of aromatic nitrogens is 2. The van der Waals surface area contributed by atoms with Crippen molar-refractivity contribution in [2.45, 2.75) is 58.7 Å². The summed E-state index contributed by atoms with van der Waals surface area (Å²) < 4.78 is 7.37. The topological polar surface area (TPSA) is 56.1 Å². The number of carbonyl (C=O) groups excluding carboxylic acids is 1. The molecule has 112 valence electrons. The van der Waals surface area contributed by atoms with Crippen LogP contribution in [-0.2, 0) is 16.1 Å². The highest BCUT2D eigenvalue weighted by molar-refractivity contribution is 5.76. The maximum Gasteiger partial charge on any atom is 0.222 e. The maximum atomic E-state index is 12.0. The number of hydrogen-bond acceptors (Lipinski definition) is 3. The molecule has 1 aromatic heterocycles. The van der Waals surface area contributed by atoms with Gasteiger partial charge in [-0.2, -0.15) is 5.10 Å². The number of nitrogens with zero attached hydrogens (tertiary/aromatic N) is 2. The second-order valence-electron chi connectivity index (χ2n) is 6.51. The minimum Gasteiger partial charge on any atom is -0.378 e. The van der Waals surface area contributed by atoms with Gasteiger partial charge in [-0.05, 0) is 25.8 Å². The van der Waals surface area contributed by atoms with Gasteiger partial charge in [0.1, 0.15) is 0 Å². The summed E-state index contributed by atoms with van der Waals surface area (Å²) in [5.41, 5.74) is 0.922. The Hall–Kier alpha value is -1.36. The lowest BCUT2D eigenvalue weighted by atomic mass is 9.56. The van der Waals surface area contributed by atoms with Gasteiger partial charge in [-0.3, -0.25) is 9.48 Å². The Morgan fingerprint density at radius 2 is 2.25 bits per heavy atom. The van der Waals surface area contributed by atoms with E-state index in [-0.39, 0.29) is 23.0 Å². The molecule has 1 amide bonds. The predicted octanol–water partition coefficient (Wildman–Crippen LogP) is 1.90. The third-order valence-corrected chi connectivity index (χ3v) is 4.94. The molecule has 1 N–H and O–H groups in total. The molecule has 0 radical (unpaired) electrons. The number of amides is 1. The minimum absolute atomic E-state index is 0.0420. The van der Waals surface area contributed by atoms with Gasteiger partial charge in [-0.15, -0.1) is 0 Å². The molecule has 1 saturated carbocycles. The summed E-state index contributed by atoms with van der Waals surface area (Å²) in [5.74, 6) is 0.0781. The Bertz CT molecular complexity index is 495. The summed E-state index contributed by atoms with van der Waals surface area (Å²) in [6, 6.07) is 0.180. The van der Waals surface area contributed by atoms with Crippen LogP contribution in [0.15, 0.2) is 12.4 Å². The van der Waals surface area contributed by atoms with Crippen molar-refractivity contribution >= 4 is 5.91 Å². The van der Waals surface area contributed by atoms with Gasteiger partial charge in [0.2, 0.25) is 5.91 Å². The highest BCUT2D eigenvalue weighted by Gasteiger charge is 2.58. The third kappa shape index (κ3) is 2.59. The number of carbonyl (C=O) groups is 1. The van der Waals surface area contributed by atoms with E-state index < -0.39 is 0 Å². The lowest BCUT2D eigenvalue weighted by Crippen LogP contribution is -2.68. The number of nitrogens with one attached hydrogen (secondary N) is 1. The number of aryl methyl sites for hydroxylation is 2. The van der Waals surface area contributed by atoms with Crippen LogP contribution in [0.2, 0.25) is 0 Å². The molecule has 1 heterocycles. The van der Waals surface area contributed by atoms with Gasteiger partial charge in [0, 0.05) is 37.7 Å². The fourth-order valence-corrected chi connectivity index (χ4v) is 2.79. The monoisotopic (exact) mass is 279 g/mol. The Morgan fingerprint density at radius 3 is 2.75 bits per heavy atom. The highest BCUT2D eigenvalue weighted by atomic mass is 16.5. The molecule has 0 saturated heterocycles. The van der Waals surface area contributed by atoms with Crippen LogP contribution in [0.25, 0.3) is 0 Å². The van der Waals surface area contributed by atoms with Gasteiger partial charge < -0.3 is 10.1 Å². The Morgan fingerprint density at radius 1 is 1.55 bits per heavy atom. The standard InChI is InChI=1S/C15H25N3O2/c1-11-9-16-18(10-11)7-6-13(19)17-12-8-15(4,20-5)14(12,2)3/h9-10,12H,6-8H2,1-5H3,(H,17,19)/t12-,15-/m0/s1. The first-order chi connectivity index (χ1) is 9.28. The van der Waals surface area contributed by atoms with Crippen molar-refractivity contribution in [3.8, 4) is 0 Å². The van der Waals surface area contributed by atoms with Gasteiger partial charge in [-0.1, -0.05) is 13.8 Å². The fraction of sp³-hybridized carbons (Fsp3) is 0.733. The van der Waals surface area contributed by atoms with Crippen LogP contribution in [0.3, 0.4) is 0 Å². The minimum atomic E-state index is -0.149. The van der Waals surface area contributed by atoms with Crippen LogP contribution in [0.4, 0.5) is 0 Å². The second-order valence-corrected chi connectivity index (χ2v) is 6.51. The van der Waals surface area contributed by atoms with E-state index in [0.29, 0.717) is 13.0 Å². The summed E-state index contributed by atoms with van der Waals surface area (Å²) in [5, 5.41) is 7.30. The van der Waals surface area contributed by atoms with Crippen molar-refractivity contribution in [1.29, 1.82) is 0 Å². The van der Waals surface area contributed by atoms with Gasteiger partial charge in [0.05, 0.1) is 11.8 Å². The zero-order chi connectivity index (χ0) is 15.0. The van der Waals surface area contributed by atoms with Crippen LogP contribution in [0, 0.1) is 12.3 Å². The zero-order valence-electron chi connectivity index (χ0n) is 13.1. The van der Waals surface area contributed by atoms with Crippen molar-refractivity contribution in [3.05, 3.63) is 18.0 Å². The Balaban J connectivity index is 1.81. The molecule has 1 aliphatic rings. The second kappa shape index (κ2) is 5.20. The summed E-state index contributed by atoms with van der Waals surface area (Å²) in [7, 11) is 1.74. The van der Waals surface area contributed by atoms with E-state index in [4.69, 9.17) is 4.74 Å². The van der Waals surface area contributed by atoms with Crippen molar-refractivity contribution in [3.63, 3.8) is 0 Å². The van der Waals surface area contributed by atoms with E-state index in [0.717, 1.165) is 12.0 Å². The first kappa shape index (κ1) is 15.0. The average Bonchev–Trinajstić information content (AvgIpc) is 2.81. The van der Waals surface area contributed by atoms with Gasteiger partial charge in [0.15, 0.2) is 0 Å². The largest absolute Gasteiger partial charge is 0.378 e. The van der Waals surface area contributed by atoms with E-state index in [1.54, 1.807) is 18.0 Å². The first-order valence-corrected chi connectivity index (χ1v) is 7.12. The molecular weight excluding hydrogens is 254 g/mol. The van der Waals surface area contributed by atoms with E-state index in [1.165, 1.54) is 0 Å². The molecule has 2 rings (SSSR count). The smallest absolute Gasteiger partial charge is 0.222 e. The van der Waals surface area contributed by atoms with Crippen molar-refractivity contribution in [1.82, 2.24) is 15.1 Å². The van der Waals surface area contributed by atoms with E-state index in [2.05, 4.69) is 31.2 Å². The highest BCUT2D eigenvalue weighted by Crippen LogP contribution is 2.51. The van der Waals surface area contributed by atoms with Crippen molar-refractivity contribution in [2.75, 3.05) is 7.11 Å².